The lowest BCUT2D eigenvalue weighted by atomic mass is 9.92. The second-order valence-corrected chi connectivity index (χ2v) is 7.22. The second kappa shape index (κ2) is 6.36. The molecule has 0 aliphatic carbocycles. The number of aryl methyl sites for hydroxylation is 3. The molecule has 0 amide bonds. The van der Waals surface area contributed by atoms with Crippen molar-refractivity contribution in [3.05, 3.63) is 57.8 Å². The van der Waals surface area contributed by atoms with Crippen LogP contribution in [0.4, 0.5) is 0 Å². The van der Waals surface area contributed by atoms with E-state index in [-0.39, 0.29) is 6.04 Å². The molecule has 4 nitrogen and oxygen atoms in total. The zero-order chi connectivity index (χ0) is 18.4. The number of aromatic amines is 1. The Labute approximate surface area is 154 Å². The van der Waals surface area contributed by atoms with Gasteiger partial charge < -0.3 is 19.8 Å². The summed E-state index contributed by atoms with van der Waals surface area (Å²) in [5, 5.41) is 5.01. The number of aromatic nitrogens is 1. The van der Waals surface area contributed by atoms with Crippen molar-refractivity contribution in [2.24, 2.45) is 0 Å². The Morgan fingerprint density at radius 2 is 1.69 bits per heavy atom. The van der Waals surface area contributed by atoms with Gasteiger partial charge in [0.1, 0.15) is 11.5 Å². The van der Waals surface area contributed by atoms with Gasteiger partial charge in [-0.3, -0.25) is 0 Å². The van der Waals surface area contributed by atoms with Crippen molar-refractivity contribution in [1.29, 1.82) is 0 Å². The molecule has 0 spiro atoms. The quantitative estimate of drug-likeness (QED) is 0.738. The van der Waals surface area contributed by atoms with Crippen LogP contribution < -0.4 is 14.8 Å². The summed E-state index contributed by atoms with van der Waals surface area (Å²) in [7, 11) is 3.45. The number of hydrogen-bond donors (Lipinski definition) is 2. The third-order valence-electron chi connectivity index (χ3n) is 5.46. The Morgan fingerprint density at radius 1 is 0.923 bits per heavy atom. The highest BCUT2D eigenvalue weighted by molar-refractivity contribution is 5.88. The normalized spacial score (nSPS) is 16.6. The fraction of sp³-hybridized carbons (Fsp3) is 0.364. The number of benzene rings is 2. The molecule has 0 saturated heterocycles. The van der Waals surface area contributed by atoms with E-state index in [1.165, 1.54) is 33.3 Å². The van der Waals surface area contributed by atoms with Crippen molar-refractivity contribution in [3.63, 3.8) is 0 Å². The van der Waals surface area contributed by atoms with Crippen molar-refractivity contribution < 1.29 is 9.47 Å². The minimum absolute atomic E-state index is 0.0651. The first-order valence-electron chi connectivity index (χ1n) is 9.11. The zero-order valence-electron chi connectivity index (χ0n) is 16.1. The molecule has 2 aromatic carbocycles. The number of fused-ring (bicyclic) bond motifs is 3. The van der Waals surface area contributed by atoms with Gasteiger partial charge in [-0.2, -0.15) is 0 Å². The van der Waals surface area contributed by atoms with Crippen LogP contribution in [0.5, 0.6) is 11.5 Å². The molecule has 1 aliphatic heterocycles. The van der Waals surface area contributed by atoms with E-state index in [2.05, 4.69) is 48.4 Å². The number of H-pyrrole nitrogens is 1. The Kier molecular flexibility index (Phi) is 4.16. The van der Waals surface area contributed by atoms with Gasteiger partial charge in [0.25, 0.3) is 0 Å². The molecule has 1 aliphatic rings. The molecular formula is C22H26N2O2. The van der Waals surface area contributed by atoms with Crippen LogP contribution in [0.15, 0.2) is 24.3 Å². The van der Waals surface area contributed by atoms with Gasteiger partial charge in [-0.1, -0.05) is 11.6 Å². The van der Waals surface area contributed by atoms with Crippen LogP contribution >= 0.6 is 0 Å². The molecule has 1 aromatic heterocycles. The van der Waals surface area contributed by atoms with Crippen molar-refractivity contribution in [3.8, 4) is 11.5 Å². The van der Waals surface area contributed by atoms with E-state index in [4.69, 9.17) is 9.47 Å². The third-order valence-corrected chi connectivity index (χ3v) is 5.46. The molecule has 4 rings (SSSR count). The number of rotatable bonds is 3. The minimum Gasteiger partial charge on any atom is -0.496 e. The molecule has 4 heteroatoms. The summed E-state index contributed by atoms with van der Waals surface area (Å²) < 4.78 is 11.3. The maximum Gasteiger partial charge on any atom is 0.124 e. The van der Waals surface area contributed by atoms with Crippen LogP contribution in [0, 0.1) is 20.8 Å². The standard InChI is InChI=1S/C22H26N2O2/c1-12-8-14(3)20-16(9-12)15-6-7-23-21(22(15)24-20)17-11-18(25-4)13(2)10-19(17)26-5/h8-11,21,23-24H,6-7H2,1-5H3. The highest BCUT2D eigenvalue weighted by Gasteiger charge is 2.28. The van der Waals surface area contributed by atoms with E-state index in [9.17, 15) is 0 Å². The molecule has 1 unspecified atom stereocenters. The number of nitrogens with one attached hydrogen (secondary N) is 2. The topological polar surface area (TPSA) is 46.3 Å². The van der Waals surface area contributed by atoms with Gasteiger partial charge in [-0.25, -0.2) is 0 Å². The van der Waals surface area contributed by atoms with Gasteiger partial charge in [-0.15, -0.1) is 0 Å². The summed E-state index contributed by atoms with van der Waals surface area (Å²) >= 11 is 0. The molecule has 0 fully saturated rings. The van der Waals surface area contributed by atoms with Crippen LogP contribution in [0.3, 0.4) is 0 Å². The molecule has 3 aromatic rings. The molecular weight excluding hydrogens is 324 g/mol. The molecule has 0 bridgehead atoms. The van der Waals surface area contributed by atoms with Crippen LogP contribution in [0.2, 0.25) is 0 Å². The summed E-state index contributed by atoms with van der Waals surface area (Å²) in [4.78, 5) is 3.70. The predicted molar refractivity (Wildman–Crippen MR) is 106 cm³/mol. The summed E-state index contributed by atoms with van der Waals surface area (Å²) in [5.41, 5.74) is 8.68. The second-order valence-electron chi connectivity index (χ2n) is 7.22. The van der Waals surface area contributed by atoms with Gasteiger partial charge in [0.2, 0.25) is 0 Å². The SMILES string of the molecule is COc1cc(C2NCCc3c2[nH]c2c(C)cc(C)cc32)c(OC)cc1C. The average molecular weight is 350 g/mol. The summed E-state index contributed by atoms with van der Waals surface area (Å²) in [6.07, 6.45) is 1.03. The third kappa shape index (κ3) is 2.56. The fourth-order valence-electron chi connectivity index (χ4n) is 4.25. The summed E-state index contributed by atoms with van der Waals surface area (Å²) in [6.45, 7) is 7.32. The predicted octanol–water partition coefficient (Wildman–Crippen LogP) is 4.35. The Hall–Kier alpha value is -2.46. The van der Waals surface area contributed by atoms with Gasteiger partial charge in [0, 0.05) is 28.7 Å². The van der Waals surface area contributed by atoms with E-state index in [1.54, 1.807) is 14.2 Å². The maximum atomic E-state index is 5.70. The van der Waals surface area contributed by atoms with Crippen LogP contribution in [0.25, 0.3) is 10.9 Å². The lowest BCUT2D eigenvalue weighted by Crippen LogP contribution is -2.30. The molecule has 1 atom stereocenters. The lowest BCUT2D eigenvalue weighted by molar-refractivity contribution is 0.390. The Morgan fingerprint density at radius 3 is 2.42 bits per heavy atom. The van der Waals surface area contributed by atoms with Crippen LogP contribution in [-0.2, 0) is 6.42 Å². The number of ether oxygens (including phenoxy) is 2. The average Bonchev–Trinajstić information content (AvgIpc) is 3.00. The Balaban J connectivity index is 1.93. The maximum absolute atomic E-state index is 5.70. The van der Waals surface area contributed by atoms with Crippen LogP contribution in [0.1, 0.15) is 39.6 Å². The van der Waals surface area contributed by atoms with E-state index in [0.29, 0.717) is 0 Å². The van der Waals surface area contributed by atoms with E-state index in [1.807, 2.05) is 6.92 Å². The molecule has 2 heterocycles. The lowest BCUT2D eigenvalue weighted by Gasteiger charge is -2.27. The number of hydrogen-bond acceptors (Lipinski definition) is 3. The smallest absolute Gasteiger partial charge is 0.124 e. The zero-order valence-corrected chi connectivity index (χ0v) is 16.1. The fourth-order valence-corrected chi connectivity index (χ4v) is 4.25. The van der Waals surface area contributed by atoms with Gasteiger partial charge in [0.05, 0.1) is 20.3 Å². The molecule has 2 N–H and O–H groups in total. The molecule has 0 saturated carbocycles. The van der Waals surface area contributed by atoms with Crippen molar-refractivity contribution in [2.45, 2.75) is 33.2 Å². The summed E-state index contributed by atoms with van der Waals surface area (Å²) in [5.74, 6) is 1.78. The largest absolute Gasteiger partial charge is 0.496 e. The van der Waals surface area contributed by atoms with Gasteiger partial charge in [-0.05, 0) is 62.1 Å². The first kappa shape index (κ1) is 17.0. The highest BCUT2D eigenvalue weighted by atomic mass is 16.5. The van der Waals surface area contributed by atoms with Crippen molar-refractivity contribution >= 4 is 10.9 Å². The van der Waals surface area contributed by atoms with Gasteiger partial charge >= 0.3 is 0 Å². The first-order valence-corrected chi connectivity index (χ1v) is 9.11. The monoisotopic (exact) mass is 350 g/mol. The van der Waals surface area contributed by atoms with E-state index in [0.717, 1.165) is 35.6 Å². The first-order chi connectivity index (χ1) is 12.5. The summed E-state index contributed by atoms with van der Waals surface area (Å²) in [6, 6.07) is 8.76. The van der Waals surface area contributed by atoms with Crippen molar-refractivity contribution in [2.75, 3.05) is 20.8 Å². The van der Waals surface area contributed by atoms with E-state index >= 15 is 0 Å². The van der Waals surface area contributed by atoms with Gasteiger partial charge in [0.15, 0.2) is 0 Å². The van der Waals surface area contributed by atoms with Crippen LogP contribution in [-0.4, -0.2) is 25.7 Å². The van der Waals surface area contributed by atoms with Crippen molar-refractivity contribution in [1.82, 2.24) is 10.3 Å². The highest BCUT2D eigenvalue weighted by Crippen LogP contribution is 2.40. The molecule has 26 heavy (non-hydrogen) atoms. The molecule has 136 valence electrons. The number of methoxy groups -OCH3 is 2. The Bertz CT molecular complexity index is 988. The molecule has 0 radical (unpaired) electrons. The minimum atomic E-state index is 0.0651. The van der Waals surface area contributed by atoms with E-state index < -0.39 is 0 Å².